The van der Waals surface area contributed by atoms with Gasteiger partial charge in [0, 0.05) is 42.6 Å². The number of hydrogen-bond acceptors (Lipinski definition) is 2. The Balaban J connectivity index is 1.56. The number of aryl methyl sites for hydroxylation is 1. The average Bonchev–Trinajstić information content (AvgIpc) is 3.15. The van der Waals surface area contributed by atoms with Crippen LogP contribution in [0.15, 0.2) is 30.6 Å². The normalized spacial score (nSPS) is 28.1. The Labute approximate surface area is 118 Å². The second-order valence-corrected chi connectivity index (χ2v) is 6.09. The van der Waals surface area contributed by atoms with E-state index >= 15 is 0 Å². The molecule has 0 spiro atoms. The van der Waals surface area contributed by atoms with Crippen molar-refractivity contribution in [2.24, 2.45) is 5.92 Å². The van der Waals surface area contributed by atoms with Crippen molar-refractivity contribution in [1.29, 1.82) is 0 Å². The first-order chi connectivity index (χ1) is 9.70. The molecule has 2 unspecified atom stereocenters. The first-order valence-corrected chi connectivity index (χ1v) is 7.31. The molecule has 0 radical (unpaired) electrons. The van der Waals surface area contributed by atoms with Gasteiger partial charge in [0.1, 0.15) is 0 Å². The van der Waals surface area contributed by atoms with E-state index in [0.29, 0.717) is 12.0 Å². The molecule has 2 aromatic rings. The number of nitrogens with zero attached hydrogens (tertiary/aromatic N) is 2. The predicted octanol–water partition coefficient (Wildman–Crippen LogP) is 1.68. The summed E-state index contributed by atoms with van der Waals surface area (Å²) in [5.74, 6) is 0.713. The van der Waals surface area contributed by atoms with Crippen LogP contribution in [0.25, 0.3) is 5.52 Å². The highest BCUT2D eigenvalue weighted by Gasteiger charge is 2.38. The first-order valence-electron chi connectivity index (χ1n) is 7.31. The van der Waals surface area contributed by atoms with Gasteiger partial charge >= 0.3 is 0 Å². The van der Waals surface area contributed by atoms with Crippen LogP contribution in [0.5, 0.6) is 0 Å². The van der Waals surface area contributed by atoms with Crippen LogP contribution >= 0.6 is 0 Å². The highest BCUT2D eigenvalue weighted by Crippen LogP contribution is 2.28. The fraction of sp³-hybridized carbons (Fsp3) is 0.438. The topological polar surface area (TPSA) is 36.8 Å². The molecule has 4 heterocycles. The Morgan fingerprint density at radius 3 is 2.90 bits per heavy atom. The van der Waals surface area contributed by atoms with Gasteiger partial charge in [-0.1, -0.05) is 0 Å². The molecule has 1 N–H and O–H groups in total. The monoisotopic (exact) mass is 269 g/mol. The largest absolute Gasteiger partial charge is 0.348 e. The third kappa shape index (κ3) is 1.83. The lowest BCUT2D eigenvalue weighted by Gasteiger charge is -2.23. The molecule has 3 atom stereocenters. The van der Waals surface area contributed by atoms with Gasteiger partial charge in [-0.2, -0.15) is 0 Å². The number of nitrogens with one attached hydrogen (secondary N) is 1. The van der Waals surface area contributed by atoms with Gasteiger partial charge < -0.3 is 14.6 Å². The van der Waals surface area contributed by atoms with Gasteiger partial charge in [-0.15, -0.1) is 0 Å². The highest BCUT2D eigenvalue weighted by molar-refractivity contribution is 5.95. The Kier molecular flexibility index (Phi) is 2.60. The minimum Gasteiger partial charge on any atom is -0.348 e. The Bertz CT molecular complexity index is 675. The maximum absolute atomic E-state index is 12.4. The number of piperidine rings is 1. The summed E-state index contributed by atoms with van der Waals surface area (Å²) in [6, 6.07) is 6.29. The molecule has 4 rings (SSSR count). The number of pyridine rings is 1. The van der Waals surface area contributed by atoms with Crippen molar-refractivity contribution in [3.8, 4) is 0 Å². The summed E-state index contributed by atoms with van der Waals surface area (Å²) in [6.07, 6.45) is 5.21. The summed E-state index contributed by atoms with van der Waals surface area (Å²) in [5, 5.41) is 3.21. The van der Waals surface area contributed by atoms with E-state index in [1.165, 1.54) is 18.5 Å². The van der Waals surface area contributed by atoms with Gasteiger partial charge in [0.15, 0.2) is 0 Å². The minimum atomic E-state index is 0.0619. The van der Waals surface area contributed by atoms with Crippen molar-refractivity contribution in [2.45, 2.75) is 19.4 Å². The summed E-state index contributed by atoms with van der Waals surface area (Å²) in [5.41, 5.74) is 3.07. The van der Waals surface area contributed by atoms with E-state index in [-0.39, 0.29) is 5.91 Å². The highest BCUT2D eigenvalue weighted by atomic mass is 16.1. The molecule has 2 aliphatic heterocycles. The Morgan fingerprint density at radius 1 is 1.30 bits per heavy atom. The van der Waals surface area contributed by atoms with Crippen LogP contribution in [-0.4, -0.2) is 40.9 Å². The number of amides is 1. The lowest BCUT2D eigenvalue weighted by Crippen LogP contribution is -2.43. The van der Waals surface area contributed by atoms with Crippen molar-refractivity contribution in [3.63, 3.8) is 0 Å². The lowest BCUT2D eigenvalue weighted by molar-refractivity contribution is 0.0924. The molecule has 2 bridgehead atoms. The fourth-order valence-corrected chi connectivity index (χ4v) is 3.58. The SMILES string of the molecule is Cc1ccn2ccc(C(=O)NC3CN4CC[C@H]3C4)cc12. The number of hydrogen-bond donors (Lipinski definition) is 1. The molecule has 4 nitrogen and oxygen atoms in total. The van der Waals surface area contributed by atoms with Crippen LogP contribution in [0.3, 0.4) is 0 Å². The molecular formula is C16H19N3O. The van der Waals surface area contributed by atoms with Gasteiger partial charge in [-0.25, -0.2) is 0 Å². The molecule has 2 aromatic heterocycles. The Morgan fingerprint density at radius 2 is 2.15 bits per heavy atom. The molecule has 2 saturated heterocycles. The molecule has 0 saturated carbocycles. The van der Waals surface area contributed by atoms with Gasteiger partial charge in [0.25, 0.3) is 5.91 Å². The van der Waals surface area contributed by atoms with Gasteiger partial charge in [0.05, 0.1) is 0 Å². The standard InChI is InChI=1S/C16H19N3O/c1-11-2-6-19-7-4-12(8-15(11)19)16(20)17-14-10-18-5-3-13(14)9-18/h2,4,6-8,13-14H,3,5,9-10H2,1H3,(H,17,20)/t13-,14?/m0/s1. The van der Waals surface area contributed by atoms with Crippen LogP contribution in [0.2, 0.25) is 0 Å². The summed E-state index contributed by atoms with van der Waals surface area (Å²) in [4.78, 5) is 14.9. The summed E-state index contributed by atoms with van der Waals surface area (Å²) in [6.45, 7) is 5.44. The second kappa shape index (κ2) is 4.35. The van der Waals surface area contributed by atoms with Gasteiger partial charge in [-0.05, 0) is 49.6 Å². The van der Waals surface area contributed by atoms with E-state index in [4.69, 9.17) is 0 Å². The number of carbonyl (C=O) groups excluding carboxylic acids is 1. The van der Waals surface area contributed by atoms with E-state index in [9.17, 15) is 4.79 Å². The van der Waals surface area contributed by atoms with Crippen LogP contribution in [0.1, 0.15) is 22.3 Å². The van der Waals surface area contributed by atoms with Crippen LogP contribution in [0, 0.1) is 12.8 Å². The zero-order valence-electron chi connectivity index (χ0n) is 11.7. The van der Waals surface area contributed by atoms with Gasteiger partial charge in [-0.3, -0.25) is 4.79 Å². The molecule has 4 heteroatoms. The third-order valence-electron chi connectivity index (χ3n) is 4.79. The van der Waals surface area contributed by atoms with E-state index in [1.54, 1.807) is 0 Å². The maximum Gasteiger partial charge on any atom is 0.251 e. The Hall–Kier alpha value is -1.81. The predicted molar refractivity (Wildman–Crippen MR) is 77.9 cm³/mol. The molecule has 2 fully saturated rings. The smallest absolute Gasteiger partial charge is 0.251 e. The lowest BCUT2D eigenvalue weighted by atomic mass is 9.99. The summed E-state index contributed by atoms with van der Waals surface area (Å²) < 4.78 is 2.05. The maximum atomic E-state index is 12.4. The van der Waals surface area contributed by atoms with E-state index in [0.717, 1.165) is 24.2 Å². The minimum absolute atomic E-state index is 0.0619. The van der Waals surface area contributed by atoms with Gasteiger partial charge in [0.2, 0.25) is 0 Å². The van der Waals surface area contributed by atoms with Crippen molar-refractivity contribution in [2.75, 3.05) is 19.6 Å². The summed E-state index contributed by atoms with van der Waals surface area (Å²) >= 11 is 0. The second-order valence-electron chi connectivity index (χ2n) is 6.09. The zero-order valence-corrected chi connectivity index (χ0v) is 11.7. The molecule has 104 valence electrons. The molecule has 0 aliphatic carbocycles. The van der Waals surface area contributed by atoms with Crippen LogP contribution < -0.4 is 5.32 Å². The molecule has 20 heavy (non-hydrogen) atoms. The van der Waals surface area contributed by atoms with E-state index in [2.05, 4.69) is 27.6 Å². The zero-order chi connectivity index (χ0) is 13.7. The van der Waals surface area contributed by atoms with Crippen molar-refractivity contribution in [3.05, 3.63) is 41.7 Å². The fourth-order valence-electron chi connectivity index (χ4n) is 3.58. The molecular weight excluding hydrogens is 250 g/mol. The quantitative estimate of drug-likeness (QED) is 0.900. The van der Waals surface area contributed by atoms with Crippen LogP contribution in [0.4, 0.5) is 0 Å². The number of rotatable bonds is 2. The van der Waals surface area contributed by atoms with Crippen LogP contribution in [-0.2, 0) is 0 Å². The van der Waals surface area contributed by atoms with Crippen molar-refractivity contribution < 1.29 is 4.79 Å². The number of fused-ring (bicyclic) bond motifs is 3. The summed E-state index contributed by atoms with van der Waals surface area (Å²) in [7, 11) is 0. The number of carbonyl (C=O) groups is 1. The van der Waals surface area contributed by atoms with Crippen molar-refractivity contribution in [1.82, 2.24) is 14.6 Å². The average molecular weight is 269 g/mol. The van der Waals surface area contributed by atoms with E-state index in [1.807, 2.05) is 24.5 Å². The third-order valence-corrected chi connectivity index (χ3v) is 4.79. The van der Waals surface area contributed by atoms with E-state index < -0.39 is 0 Å². The number of aromatic nitrogens is 1. The molecule has 0 aromatic carbocycles. The molecule has 2 aliphatic rings. The molecule has 1 amide bonds. The first kappa shape index (κ1) is 12.0. The van der Waals surface area contributed by atoms with Crippen molar-refractivity contribution >= 4 is 11.4 Å².